The molecule has 0 unspecified atom stereocenters. The van der Waals surface area contributed by atoms with Crippen molar-refractivity contribution < 1.29 is 9.53 Å². The van der Waals surface area contributed by atoms with Crippen LogP contribution in [0.1, 0.15) is 22.0 Å². The maximum atomic E-state index is 12.6. The highest BCUT2D eigenvalue weighted by atomic mass is 16.5. The minimum atomic E-state index is -0.282. The second-order valence-electron chi connectivity index (χ2n) is 6.37. The number of carbonyl (C=O) groups excluding carboxylic acids is 1. The molecule has 1 N–H and O–H groups in total. The summed E-state index contributed by atoms with van der Waals surface area (Å²) in [6.45, 7) is 1.94. The number of rotatable bonds is 4. The quantitative estimate of drug-likeness (QED) is 0.916. The summed E-state index contributed by atoms with van der Waals surface area (Å²) in [5.74, 6) is -0.185. The summed E-state index contributed by atoms with van der Waals surface area (Å²) >= 11 is 0. The molecule has 132 valence electrons. The van der Waals surface area contributed by atoms with Gasteiger partial charge in [-0.3, -0.25) is 14.5 Å². The Kier molecular flexibility index (Phi) is 5.31. The lowest BCUT2D eigenvalue weighted by Crippen LogP contribution is -2.48. The van der Waals surface area contributed by atoms with Crippen LogP contribution in [0.3, 0.4) is 0 Å². The number of H-pyrrole nitrogens is 1. The highest BCUT2D eigenvalue weighted by molar-refractivity contribution is 5.93. The van der Waals surface area contributed by atoms with Crippen molar-refractivity contribution in [1.29, 1.82) is 0 Å². The molecule has 1 fully saturated rings. The first-order valence-electron chi connectivity index (χ1n) is 8.37. The van der Waals surface area contributed by atoms with Crippen LogP contribution in [0.15, 0.2) is 53.5 Å². The molecule has 0 spiro atoms. The van der Waals surface area contributed by atoms with Gasteiger partial charge in [0, 0.05) is 38.0 Å². The monoisotopic (exact) mass is 341 g/mol. The maximum absolute atomic E-state index is 12.6. The standard InChI is InChI=1S/C19H23N3O3/c1-21-10-11-25-16(18(21)14-6-4-3-5-7-14)13-22(2)19(24)15-8-9-20-17(23)12-15/h3-9,12,16,18H,10-11,13H2,1-2H3,(H,20,23)/t16-,18-/m0/s1. The Morgan fingerprint density at radius 3 is 2.80 bits per heavy atom. The molecule has 0 bridgehead atoms. The van der Waals surface area contributed by atoms with E-state index in [0.29, 0.717) is 18.7 Å². The van der Waals surface area contributed by atoms with Gasteiger partial charge in [-0.25, -0.2) is 0 Å². The molecular weight excluding hydrogens is 318 g/mol. The zero-order valence-electron chi connectivity index (χ0n) is 14.5. The van der Waals surface area contributed by atoms with Crippen LogP contribution in [-0.4, -0.2) is 60.6 Å². The Morgan fingerprint density at radius 2 is 2.08 bits per heavy atom. The molecule has 1 aromatic carbocycles. The number of benzene rings is 1. The molecule has 0 radical (unpaired) electrons. The van der Waals surface area contributed by atoms with Crippen molar-refractivity contribution in [2.45, 2.75) is 12.1 Å². The van der Waals surface area contributed by atoms with Gasteiger partial charge >= 0.3 is 0 Å². The Hall–Kier alpha value is -2.44. The zero-order valence-corrected chi connectivity index (χ0v) is 14.5. The number of morpholine rings is 1. The number of carbonyl (C=O) groups is 1. The summed E-state index contributed by atoms with van der Waals surface area (Å²) in [6.07, 6.45) is 1.36. The average molecular weight is 341 g/mol. The van der Waals surface area contributed by atoms with Crippen molar-refractivity contribution >= 4 is 5.91 Å². The van der Waals surface area contributed by atoms with Gasteiger partial charge in [-0.1, -0.05) is 30.3 Å². The van der Waals surface area contributed by atoms with E-state index in [2.05, 4.69) is 29.1 Å². The molecule has 2 heterocycles. The third-order valence-electron chi connectivity index (χ3n) is 4.57. The lowest BCUT2D eigenvalue weighted by atomic mass is 9.98. The molecule has 1 aliphatic rings. The van der Waals surface area contributed by atoms with Crippen LogP contribution in [0.5, 0.6) is 0 Å². The molecule has 0 saturated carbocycles. The summed E-state index contributed by atoms with van der Waals surface area (Å²) < 4.78 is 5.99. The number of nitrogens with one attached hydrogen (secondary N) is 1. The number of ether oxygens (including phenoxy) is 1. The molecule has 1 amide bonds. The van der Waals surface area contributed by atoms with Crippen molar-refractivity contribution in [1.82, 2.24) is 14.8 Å². The first-order valence-corrected chi connectivity index (χ1v) is 8.37. The van der Waals surface area contributed by atoms with Crippen LogP contribution < -0.4 is 5.56 Å². The summed E-state index contributed by atoms with van der Waals surface area (Å²) in [4.78, 5) is 30.4. The second-order valence-corrected chi connectivity index (χ2v) is 6.37. The van der Waals surface area contributed by atoms with Crippen LogP contribution in [0.4, 0.5) is 0 Å². The summed E-state index contributed by atoms with van der Waals surface area (Å²) in [6, 6.07) is 13.2. The topological polar surface area (TPSA) is 65.6 Å². The Balaban J connectivity index is 1.77. The third-order valence-corrected chi connectivity index (χ3v) is 4.57. The molecule has 0 aliphatic carbocycles. The van der Waals surface area contributed by atoms with Crippen LogP contribution in [0.25, 0.3) is 0 Å². The van der Waals surface area contributed by atoms with Crippen molar-refractivity contribution in [3.8, 4) is 0 Å². The van der Waals surface area contributed by atoms with E-state index in [4.69, 9.17) is 4.74 Å². The van der Waals surface area contributed by atoms with Gasteiger partial charge in [0.15, 0.2) is 0 Å². The molecule has 1 aromatic heterocycles. The smallest absolute Gasteiger partial charge is 0.253 e. The van der Waals surface area contributed by atoms with Crippen molar-refractivity contribution in [3.63, 3.8) is 0 Å². The highest BCUT2D eigenvalue weighted by Gasteiger charge is 2.33. The van der Waals surface area contributed by atoms with E-state index in [1.807, 2.05) is 18.2 Å². The number of pyridine rings is 1. The van der Waals surface area contributed by atoms with Gasteiger partial charge in [0.1, 0.15) is 0 Å². The fourth-order valence-corrected chi connectivity index (χ4v) is 3.28. The van der Waals surface area contributed by atoms with E-state index in [9.17, 15) is 9.59 Å². The number of nitrogens with zero attached hydrogens (tertiary/aromatic N) is 2. The number of hydrogen-bond acceptors (Lipinski definition) is 4. The maximum Gasteiger partial charge on any atom is 0.253 e. The van der Waals surface area contributed by atoms with E-state index in [1.54, 1.807) is 18.0 Å². The van der Waals surface area contributed by atoms with Gasteiger partial charge in [0.2, 0.25) is 5.56 Å². The summed E-state index contributed by atoms with van der Waals surface area (Å²) in [7, 11) is 3.81. The van der Waals surface area contributed by atoms with Crippen LogP contribution >= 0.6 is 0 Å². The lowest BCUT2D eigenvalue weighted by molar-refractivity contribution is -0.0707. The SMILES string of the molecule is CN(C[C@@H]1OCCN(C)[C@H]1c1ccccc1)C(=O)c1cc[nH]c(=O)c1. The molecule has 1 saturated heterocycles. The fourth-order valence-electron chi connectivity index (χ4n) is 3.28. The number of aromatic nitrogens is 1. The van der Waals surface area contributed by atoms with E-state index < -0.39 is 0 Å². The van der Waals surface area contributed by atoms with E-state index in [0.717, 1.165) is 6.54 Å². The van der Waals surface area contributed by atoms with Crippen molar-refractivity contribution in [2.75, 3.05) is 33.8 Å². The van der Waals surface area contributed by atoms with Gasteiger partial charge in [-0.2, -0.15) is 0 Å². The minimum absolute atomic E-state index is 0.0874. The molecular formula is C19H23N3O3. The molecule has 3 rings (SSSR count). The van der Waals surface area contributed by atoms with Gasteiger partial charge in [-0.15, -0.1) is 0 Å². The molecule has 6 nitrogen and oxygen atoms in total. The molecule has 2 aromatic rings. The van der Waals surface area contributed by atoms with Gasteiger partial charge in [0.05, 0.1) is 18.8 Å². The Bertz CT molecular complexity index is 775. The van der Waals surface area contributed by atoms with E-state index >= 15 is 0 Å². The zero-order chi connectivity index (χ0) is 17.8. The third kappa shape index (κ3) is 3.97. The van der Waals surface area contributed by atoms with Crippen molar-refractivity contribution in [2.24, 2.45) is 0 Å². The molecule has 6 heteroatoms. The normalized spacial score (nSPS) is 21.0. The molecule has 25 heavy (non-hydrogen) atoms. The average Bonchev–Trinajstić information content (AvgIpc) is 2.62. The van der Waals surface area contributed by atoms with Crippen LogP contribution in [-0.2, 0) is 4.74 Å². The Morgan fingerprint density at radius 1 is 1.32 bits per heavy atom. The number of aromatic amines is 1. The number of likely N-dealkylation sites (N-methyl/N-ethyl adjacent to an activating group) is 2. The largest absolute Gasteiger partial charge is 0.373 e. The Labute approximate surface area is 147 Å². The van der Waals surface area contributed by atoms with E-state index in [1.165, 1.54) is 17.8 Å². The summed E-state index contributed by atoms with van der Waals surface area (Å²) in [5.41, 5.74) is 1.27. The number of hydrogen-bond donors (Lipinski definition) is 1. The second kappa shape index (κ2) is 7.63. The van der Waals surface area contributed by atoms with Crippen molar-refractivity contribution in [3.05, 3.63) is 70.1 Å². The number of amides is 1. The van der Waals surface area contributed by atoms with Gasteiger partial charge < -0.3 is 14.6 Å². The summed E-state index contributed by atoms with van der Waals surface area (Å²) in [5, 5.41) is 0. The first-order chi connectivity index (χ1) is 12.1. The first kappa shape index (κ1) is 17.4. The van der Waals surface area contributed by atoms with Gasteiger partial charge in [0.25, 0.3) is 5.91 Å². The highest BCUT2D eigenvalue weighted by Crippen LogP contribution is 2.28. The fraction of sp³-hybridized carbons (Fsp3) is 0.368. The molecule has 2 atom stereocenters. The van der Waals surface area contributed by atoms with Crippen LogP contribution in [0, 0.1) is 0 Å². The minimum Gasteiger partial charge on any atom is -0.373 e. The van der Waals surface area contributed by atoms with E-state index in [-0.39, 0.29) is 23.6 Å². The van der Waals surface area contributed by atoms with Crippen LogP contribution in [0.2, 0.25) is 0 Å². The van der Waals surface area contributed by atoms with Gasteiger partial charge in [-0.05, 0) is 18.7 Å². The lowest BCUT2D eigenvalue weighted by Gasteiger charge is -2.40. The predicted octanol–water partition coefficient (Wildman–Crippen LogP) is 1.52. The molecule has 1 aliphatic heterocycles. The predicted molar refractivity (Wildman–Crippen MR) is 95.6 cm³/mol.